The van der Waals surface area contributed by atoms with Gasteiger partial charge in [0, 0.05) is 19.6 Å². The Morgan fingerprint density at radius 3 is 2.42 bits per heavy atom. The van der Waals surface area contributed by atoms with Crippen molar-refractivity contribution in [1.29, 1.82) is 5.26 Å². The van der Waals surface area contributed by atoms with Crippen LogP contribution in [0.15, 0.2) is 24.3 Å². The van der Waals surface area contributed by atoms with Crippen molar-refractivity contribution < 1.29 is 4.74 Å². The minimum Gasteiger partial charge on any atom is -0.494 e. The molecule has 0 aliphatic carbocycles. The predicted molar refractivity (Wildman–Crippen MR) is 76.0 cm³/mol. The molecule has 1 aromatic carbocycles. The Labute approximate surface area is 115 Å². The van der Waals surface area contributed by atoms with E-state index in [9.17, 15) is 0 Å². The van der Waals surface area contributed by atoms with E-state index in [0.29, 0.717) is 5.56 Å². The predicted octanol–water partition coefficient (Wildman–Crippen LogP) is 2.91. The molecule has 1 aliphatic rings. The van der Waals surface area contributed by atoms with E-state index in [1.807, 2.05) is 12.1 Å². The molecule has 1 aliphatic heterocycles. The molecule has 0 bridgehead atoms. The second kappa shape index (κ2) is 6.58. The van der Waals surface area contributed by atoms with Gasteiger partial charge in [0.1, 0.15) is 5.75 Å². The van der Waals surface area contributed by atoms with Crippen LogP contribution in [0.3, 0.4) is 0 Å². The second-order valence-corrected chi connectivity index (χ2v) is 5.55. The number of ether oxygens (including phenoxy) is 1. The van der Waals surface area contributed by atoms with Gasteiger partial charge in [-0.25, -0.2) is 0 Å². The van der Waals surface area contributed by atoms with Crippen LogP contribution in [0.5, 0.6) is 5.75 Å². The molecule has 1 fully saturated rings. The Balaban J connectivity index is 1.65. The van der Waals surface area contributed by atoms with E-state index in [-0.39, 0.29) is 0 Å². The first-order valence-corrected chi connectivity index (χ1v) is 7.04. The van der Waals surface area contributed by atoms with Gasteiger partial charge in [-0.05, 0) is 42.5 Å². The fourth-order valence-electron chi connectivity index (χ4n) is 2.54. The van der Waals surface area contributed by atoms with Gasteiger partial charge in [0.25, 0.3) is 0 Å². The minimum atomic E-state index is 0.674. The van der Waals surface area contributed by atoms with Crippen LogP contribution in [-0.2, 0) is 0 Å². The lowest BCUT2D eigenvalue weighted by Crippen LogP contribution is -2.23. The summed E-state index contributed by atoms with van der Waals surface area (Å²) in [4.78, 5) is 2.53. The number of likely N-dealkylation sites (tertiary alicyclic amines) is 1. The van der Waals surface area contributed by atoms with Crippen molar-refractivity contribution in [2.24, 2.45) is 11.8 Å². The average Bonchev–Trinajstić information content (AvgIpc) is 2.74. The van der Waals surface area contributed by atoms with Gasteiger partial charge in [-0.2, -0.15) is 5.26 Å². The molecular weight excluding hydrogens is 236 g/mol. The van der Waals surface area contributed by atoms with Gasteiger partial charge in [-0.3, -0.25) is 0 Å². The van der Waals surface area contributed by atoms with Gasteiger partial charge >= 0.3 is 0 Å². The summed E-state index contributed by atoms with van der Waals surface area (Å²) in [6.07, 6.45) is 1.06. The zero-order valence-electron chi connectivity index (χ0n) is 11.8. The number of hydrogen-bond acceptors (Lipinski definition) is 3. The van der Waals surface area contributed by atoms with Crippen molar-refractivity contribution in [1.82, 2.24) is 4.90 Å². The average molecular weight is 258 g/mol. The van der Waals surface area contributed by atoms with Crippen LogP contribution in [0.25, 0.3) is 0 Å². The van der Waals surface area contributed by atoms with Gasteiger partial charge in [-0.15, -0.1) is 0 Å². The number of rotatable bonds is 5. The van der Waals surface area contributed by atoms with E-state index < -0.39 is 0 Å². The summed E-state index contributed by atoms with van der Waals surface area (Å²) in [5, 5.41) is 8.71. The molecule has 0 spiro atoms. The van der Waals surface area contributed by atoms with Gasteiger partial charge in [0.15, 0.2) is 0 Å². The molecule has 0 saturated carbocycles. The molecule has 3 nitrogen and oxygen atoms in total. The normalized spacial score (nSPS) is 23.2. The minimum absolute atomic E-state index is 0.674. The monoisotopic (exact) mass is 258 g/mol. The molecule has 19 heavy (non-hydrogen) atoms. The van der Waals surface area contributed by atoms with Crippen molar-refractivity contribution in [3.63, 3.8) is 0 Å². The molecule has 0 amide bonds. The van der Waals surface area contributed by atoms with E-state index in [1.54, 1.807) is 12.1 Å². The highest BCUT2D eigenvalue weighted by Gasteiger charge is 2.25. The fraction of sp³-hybridized carbons (Fsp3) is 0.562. The number of nitriles is 1. The molecule has 1 saturated heterocycles. The molecule has 0 radical (unpaired) electrons. The molecule has 1 aromatic rings. The highest BCUT2D eigenvalue weighted by atomic mass is 16.5. The van der Waals surface area contributed by atoms with Crippen LogP contribution in [0.2, 0.25) is 0 Å². The lowest BCUT2D eigenvalue weighted by Gasteiger charge is -2.15. The first kappa shape index (κ1) is 13.9. The van der Waals surface area contributed by atoms with E-state index in [2.05, 4.69) is 24.8 Å². The van der Waals surface area contributed by atoms with Crippen LogP contribution in [-0.4, -0.2) is 31.1 Å². The zero-order valence-corrected chi connectivity index (χ0v) is 11.8. The summed E-state index contributed by atoms with van der Waals surface area (Å²) in [6.45, 7) is 8.96. The smallest absolute Gasteiger partial charge is 0.119 e. The first-order valence-electron chi connectivity index (χ1n) is 7.04. The van der Waals surface area contributed by atoms with Crippen molar-refractivity contribution in [2.45, 2.75) is 20.3 Å². The Hall–Kier alpha value is -1.53. The van der Waals surface area contributed by atoms with Crippen LogP contribution in [0.4, 0.5) is 0 Å². The maximum atomic E-state index is 8.71. The Bertz CT molecular complexity index is 425. The topological polar surface area (TPSA) is 36.3 Å². The molecule has 3 heteroatoms. The third-order valence-electron chi connectivity index (χ3n) is 3.93. The molecule has 0 aromatic heterocycles. The van der Waals surface area contributed by atoms with Gasteiger partial charge in [-0.1, -0.05) is 13.8 Å². The maximum Gasteiger partial charge on any atom is 0.119 e. The largest absolute Gasteiger partial charge is 0.494 e. The Morgan fingerprint density at radius 2 is 1.84 bits per heavy atom. The molecule has 2 unspecified atom stereocenters. The van der Waals surface area contributed by atoms with E-state index >= 15 is 0 Å². The van der Waals surface area contributed by atoms with E-state index in [0.717, 1.165) is 37.2 Å². The molecule has 2 rings (SSSR count). The summed E-state index contributed by atoms with van der Waals surface area (Å²) in [7, 11) is 0. The Kier molecular flexibility index (Phi) is 4.81. The van der Waals surface area contributed by atoms with Gasteiger partial charge in [0.2, 0.25) is 0 Å². The standard InChI is InChI=1S/C16H22N2O/c1-13-11-18(12-14(13)2)8-3-9-19-16-6-4-15(10-17)5-7-16/h4-7,13-14H,3,8-9,11-12H2,1-2H3. The van der Waals surface area contributed by atoms with E-state index in [4.69, 9.17) is 10.00 Å². The molecular formula is C16H22N2O. The van der Waals surface area contributed by atoms with Gasteiger partial charge in [0.05, 0.1) is 18.2 Å². The van der Waals surface area contributed by atoms with Crippen LogP contribution >= 0.6 is 0 Å². The van der Waals surface area contributed by atoms with Gasteiger partial charge < -0.3 is 9.64 Å². The summed E-state index contributed by atoms with van der Waals surface area (Å²) in [5.74, 6) is 2.49. The summed E-state index contributed by atoms with van der Waals surface area (Å²) < 4.78 is 5.68. The van der Waals surface area contributed by atoms with Crippen molar-refractivity contribution >= 4 is 0 Å². The maximum absolute atomic E-state index is 8.71. The van der Waals surface area contributed by atoms with E-state index in [1.165, 1.54) is 13.1 Å². The molecule has 1 heterocycles. The fourth-order valence-corrected chi connectivity index (χ4v) is 2.54. The summed E-state index contributed by atoms with van der Waals surface area (Å²) in [6, 6.07) is 9.41. The third kappa shape index (κ3) is 3.97. The molecule has 2 atom stereocenters. The second-order valence-electron chi connectivity index (χ2n) is 5.55. The zero-order chi connectivity index (χ0) is 13.7. The van der Waals surface area contributed by atoms with Crippen molar-refractivity contribution in [3.8, 4) is 11.8 Å². The highest BCUT2D eigenvalue weighted by molar-refractivity contribution is 5.34. The van der Waals surface area contributed by atoms with Crippen molar-refractivity contribution in [2.75, 3.05) is 26.2 Å². The van der Waals surface area contributed by atoms with Crippen LogP contribution in [0, 0.1) is 23.2 Å². The lowest BCUT2D eigenvalue weighted by atomic mass is 10.0. The summed E-state index contributed by atoms with van der Waals surface area (Å²) in [5.41, 5.74) is 0.674. The first-order chi connectivity index (χ1) is 9.19. The van der Waals surface area contributed by atoms with Crippen molar-refractivity contribution in [3.05, 3.63) is 29.8 Å². The van der Waals surface area contributed by atoms with Crippen LogP contribution < -0.4 is 4.74 Å². The quantitative estimate of drug-likeness (QED) is 0.762. The lowest BCUT2D eigenvalue weighted by molar-refractivity contribution is 0.258. The SMILES string of the molecule is CC1CN(CCCOc2ccc(C#N)cc2)CC1C. The molecule has 0 N–H and O–H groups in total. The number of hydrogen-bond donors (Lipinski definition) is 0. The number of nitrogens with zero attached hydrogens (tertiary/aromatic N) is 2. The number of benzene rings is 1. The van der Waals surface area contributed by atoms with Crippen LogP contribution in [0.1, 0.15) is 25.8 Å². The Morgan fingerprint density at radius 1 is 1.21 bits per heavy atom. The molecule has 102 valence electrons. The summed E-state index contributed by atoms with van der Waals surface area (Å²) >= 11 is 0. The third-order valence-corrected chi connectivity index (χ3v) is 3.93. The highest BCUT2D eigenvalue weighted by Crippen LogP contribution is 2.22.